The highest BCUT2D eigenvalue weighted by molar-refractivity contribution is 5.54. The van der Waals surface area contributed by atoms with E-state index < -0.39 is 0 Å². The average Bonchev–Trinajstić information content (AvgIpc) is 2.82. The second kappa shape index (κ2) is 6.43. The predicted octanol–water partition coefficient (Wildman–Crippen LogP) is 2.87. The molecule has 2 aromatic rings. The molecule has 2 rings (SSSR count). The van der Waals surface area contributed by atoms with Crippen LogP contribution in [0, 0.1) is 13.8 Å². The molecule has 21 heavy (non-hydrogen) atoms. The minimum Gasteiger partial charge on any atom is -0.493 e. The minimum atomic E-state index is 0.608. The summed E-state index contributed by atoms with van der Waals surface area (Å²) in [6, 6.07) is 8.06. The van der Waals surface area contributed by atoms with Gasteiger partial charge in [-0.1, -0.05) is 0 Å². The standard InChI is InChI=1S/C16H22N2O3/c1-11-6-7-12(2)18(11)17-10-13-8-14(19-3)16(21-5)15(9-13)20-4/h6-9,17H,10H2,1-5H3. The summed E-state index contributed by atoms with van der Waals surface area (Å²) in [4.78, 5) is 0. The topological polar surface area (TPSA) is 44.7 Å². The maximum atomic E-state index is 5.36. The molecule has 0 saturated heterocycles. The highest BCUT2D eigenvalue weighted by Gasteiger charge is 2.13. The van der Waals surface area contributed by atoms with E-state index in [0.717, 1.165) is 5.56 Å². The molecule has 0 bridgehead atoms. The molecule has 0 radical (unpaired) electrons. The number of hydrogen-bond acceptors (Lipinski definition) is 4. The van der Waals surface area contributed by atoms with Gasteiger partial charge in [0.1, 0.15) is 0 Å². The number of ether oxygens (including phenoxy) is 3. The molecule has 114 valence electrons. The number of aryl methyl sites for hydroxylation is 2. The monoisotopic (exact) mass is 290 g/mol. The van der Waals surface area contributed by atoms with E-state index in [1.165, 1.54) is 11.4 Å². The van der Waals surface area contributed by atoms with Crippen molar-refractivity contribution in [1.82, 2.24) is 4.68 Å². The van der Waals surface area contributed by atoms with E-state index in [-0.39, 0.29) is 0 Å². The summed E-state index contributed by atoms with van der Waals surface area (Å²) in [5, 5.41) is 0. The molecule has 0 unspecified atom stereocenters. The minimum absolute atomic E-state index is 0.608. The summed E-state index contributed by atoms with van der Waals surface area (Å²) in [6.07, 6.45) is 0. The number of nitrogens with zero attached hydrogens (tertiary/aromatic N) is 1. The molecule has 1 aromatic carbocycles. The van der Waals surface area contributed by atoms with Crippen LogP contribution in [0.3, 0.4) is 0 Å². The van der Waals surface area contributed by atoms with Gasteiger partial charge in [0.15, 0.2) is 11.5 Å². The third-order valence-corrected chi connectivity index (χ3v) is 3.44. The number of hydrogen-bond donors (Lipinski definition) is 1. The van der Waals surface area contributed by atoms with Crippen molar-refractivity contribution >= 4 is 0 Å². The zero-order valence-corrected chi connectivity index (χ0v) is 13.2. The molecule has 0 amide bonds. The Bertz CT molecular complexity index is 575. The zero-order valence-electron chi connectivity index (χ0n) is 13.2. The Hall–Kier alpha value is -2.30. The van der Waals surface area contributed by atoms with Crippen molar-refractivity contribution in [2.24, 2.45) is 0 Å². The van der Waals surface area contributed by atoms with Gasteiger partial charge in [-0.2, -0.15) is 0 Å². The lowest BCUT2D eigenvalue weighted by Crippen LogP contribution is -2.17. The number of nitrogens with one attached hydrogen (secondary N) is 1. The molecule has 1 heterocycles. The summed E-state index contributed by atoms with van der Waals surface area (Å²) in [5.74, 6) is 1.93. The molecular formula is C16H22N2O3. The highest BCUT2D eigenvalue weighted by atomic mass is 16.5. The van der Waals surface area contributed by atoms with Gasteiger partial charge >= 0.3 is 0 Å². The van der Waals surface area contributed by atoms with Crippen LogP contribution in [0.4, 0.5) is 0 Å². The summed E-state index contributed by atoms with van der Waals surface area (Å²) in [5.41, 5.74) is 6.77. The van der Waals surface area contributed by atoms with E-state index in [1.54, 1.807) is 21.3 Å². The van der Waals surface area contributed by atoms with Gasteiger partial charge < -0.3 is 19.6 Å². The van der Waals surface area contributed by atoms with Crippen LogP contribution in [0.1, 0.15) is 17.0 Å². The highest BCUT2D eigenvalue weighted by Crippen LogP contribution is 2.38. The molecule has 1 aromatic heterocycles. The number of rotatable bonds is 6. The first-order valence-electron chi connectivity index (χ1n) is 6.78. The van der Waals surface area contributed by atoms with E-state index >= 15 is 0 Å². The van der Waals surface area contributed by atoms with E-state index in [1.807, 2.05) is 12.1 Å². The fourth-order valence-corrected chi connectivity index (χ4v) is 2.33. The first kappa shape index (κ1) is 15.1. The fourth-order valence-electron chi connectivity index (χ4n) is 2.33. The molecule has 0 fully saturated rings. The van der Waals surface area contributed by atoms with Crippen molar-refractivity contribution in [3.63, 3.8) is 0 Å². The largest absolute Gasteiger partial charge is 0.493 e. The van der Waals surface area contributed by atoms with Crippen LogP contribution in [0.15, 0.2) is 24.3 Å². The maximum Gasteiger partial charge on any atom is 0.203 e. The Morgan fingerprint density at radius 3 is 1.86 bits per heavy atom. The predicted molar refractivity (Wildman–Crippen MR) is 83.1 cm³/mol. The van der Waals surface area contributed by atoms with Crippen molar-refractivity contribution in [2.75, 3.05) is 26.8 Å². The molecule has 0 atom stereocenters. The van der Waals surface area contributed by atoms with Crippen molar-refractivity contribution in [2.45, 2.75) is 20.4 Å². The van der Waals surface area contributed by atoms with Crippen LogP contribution >= 0.6 is 0 Å². The lowest BCUT2D eigenvalue weighted by atomic mass is 10.2. The van der Waals surface area contributed by atoms with E-state index in [2.05, 4.69) is 36.1 Å². The number of methoxy groups -OCH3 is 3. The second-order valence-electron chi connectivity index (χ2n) is 4.82. The van der Waals surface area contributed by atoms with Crippen molar-refractivity contribution < 1.29 is 14.2 Å². The molecular weight excluding hydrogens is 268 g/mol. The quantitative estimate of drug-likeness (QED) is 0.888. The van der Waals surface area contributed by atoms with Crippen LogP contribution in [0.2, 0.25) is 0 Å². The SMILES string of the molecule is COc1cc(CNn2c(C)ccc2C)cc(OC)c1OC. The van der Waals surface area contributed by atoms with E-state index in [4.69, 9.17) is 14.2 Å². The Balaban J connectivity index is 2.24. The van der Waals surface area contributed by atoms with Gasteiger partial charge in [-0.3, -0.25) is 4.68 Å². The summed E-state index contributed by atoms with van der Waals surface area (Å²) >= 11 is 0. The average molecular weight is 290 g/mol. The Labute approximate surface area is 125 Å². The Morgan fingerprint density at radius 2 is 1.43 bits per heavy atom. The van der Waals surface area contributed by atoms with Gasteiger partial charge in [0.25, 0.3) is 0 Å². The fraction of sp³-hybridized carbons (Fsp3) is 0.375. The molecule has 1 N–H and O–H groups in total. The maximum absolute atomic E-state index is 5.36. The molecule has 0 aliphatic carbocycles. The normalized spacial score (nSPS) is 10.3. The molecule has 0 saturated carbocycles. The second-order valence-corrected chi connectivity index (χ2v) is 4.82. The van der Waals surface area contributed by atoms with E-state index in [9.17, 15) is 0 Å². The smallest absolute Gasteiger partial charge is 0.203 e. The van der Waals surface area contributed by atoms with Crippen molar-refractivity contribution in [3.05, 3.63) is 41.2 Å². The third kappa shape index (κ3) is 3.07. The van der Waals surface area contributed by atoms with Crippen LogP contribution in [-0.2, 0) is 6.54 Å². The first-order valence-corrected chi connectivity index (χ1v) is 6.78. The summed E-state index contributed by atoms with van der Waals surface area (Å²) < 4.78 is 18.1. The van der Waals surface area contributed by atoms with Crippen LogP contribution in [0.25, 0.3) is 0 Å². The van der Waals surface area contributed by atoms with Gasteiger partial charge in [-0.25, -0.2) is 0 Å². The van der Waals surface area contributed by atoms with Gasteiger partial charge in [0.05, 0.1) is 27.9 Å². The van der Waals surface area contributed by atoms with Crippen LogP contribution in [-0.4, -0.2) is 26.0 Å². The Morgan fingerprint density at radius 1 is 0.905 bits per heavy atom. The lowest BCUT2D eigenvalue weighted by molar-refractivity contribution is 0.324. The van der Waals surface area contributed by atoms with Crippen LogP contribution in [0.5, 0.6) is 17.2 Å². The Kier molecular flexibility index (Phi) is 4.62. The van der Waals surface area contributed by atoms with Crippen molar-refractivity contribution in [3.8, 4) is 17.2 Å². The van der Waals surface area contributed by atoms with Gasteiger partial charge in [0, 0.05) is 11.4 Å². The van der Waals surface area contributed by atoms with Gasteiger partial charge in [-0.15, -0.1) is 0 Å². The van der Waals surface area contributed by atoms with Gasteiger partial charge in [0.2, 0.25) is 5.75 Å². The van der Waals surface area contributed by atoms with Gasteiger partial charge in [-0.05, 0) is 43.7 Å². The summed E-state index contributed by atoms with van der Waals surface area (Å²) in [7, 11) is 4.84. The number of benzene rings is 1. The van der Waals surface area contributed by atoms with E-state index in [0.29, 0.717) is 23.8 Å². The summed E-state index contributed by atoms with van der Waals surface area (Å²) in [6.45, 7) is 4.79. The van der Waals surface area contributed by atoms with Crippen LogP contribution < -0.4 is 19.6 Å². The first-order chi connectivity index (χ1) is 10.1. The molecule has 0 aliphatic rings. The molecule has 5 nitrogen and oxygen atoms in total. The number of aromatic nitrogens is 1. The third-order valence-electron chi connectivity index (χ3n) is 3.44. The molecule has 0 aliphatic heterocycles. The zero-order chi connectivity index (χ0) is 15.4. The molecule has 5 heteroatoms. The lowest BCUT2D eigenvalue weighted by Gasteiger charge is -2.16. The molecule has 0 spiro atoms. The van der Waals surface area contributed by atoms with Crippen molar-refractivity contribution in [1.29, 1.82) is 0 Å².